The van der Waals surface area contributed by atoms with Gasteiger partial charge >= 0.3 is 0 Å². The van der Waals surface area contributed by atoms with Crippen LogP contribution in [0.3, 0.4) is 0 Å². The lowest BCUT2D eigenvalue weighted by Gasteiger charge is -2.16. The monoisotopic (exact) mass is 292 g/mol. The first-order valence-electron chi connectivity index (χ1n) is 6.64. The van der Waals surface area contributed by atoms with Gasteiger partial charge in [-0.3, -0.25) is 0 Å². The van der Waals surface area contributed by atoms with Crippen LogP contribution in [0.25, 0.3) is 0 Å². The predicted octanol–water partition coefficient (Wildman–Crippen LogP) is 5.79. The highest BCUT2D eigenvalue weighted by atomic mass is 35.5. The van der Waals surface area contributed by atoms with Crippen molar-refractivity contribution in [3.8, 4) is 11.5 Å². The molecule has 0 N–H and O–H groups in total. The highest BCUT2D eigenvalue weighted by Crippen LogP contribution is 2.33. The van der Waals surface area contributed by atoms with Crippen molar-refractivity contribution in [1.29, 1.82) is 0 Å². The molecule has 0 aliphatic heterocycles. The van der Waals surface area contributed by atoms with Gasteiger partial charge in [0.05, 0.1) is 5.88 Å². The van der Waals surface area contributed by atoms with E-state index in [9.17, 15) is 4.39 Å². The molecule has 0 aliphatic carbocycles. The van der Waals surface area contributed by atoms with Crippen molar-refractivity contribution >= 4 is 11.6 Å². The average molecular weight is 293 g/mol. The van der Waals surface area contributed by atoms with Crippen LogP contribution in [0, 0.1) is 12.7 Å². The second-order valence-electron chi connectivity index (χ2n) is 5.18. The van der Waals surface area contributed by atoms with E-state index in [1.54, 1.807) is 6.07 Å². The molecule has 0 heterocycles. The van der Waals surface area contributed by atoms with Gasteiger partial charge < -0.3 is 4.74 Å². The Morgan fingerprint density at radius 3 is 2.50 bits per heavy atom. The Labute approximate surface area is 124 Å². The van der Waals surface area contributed by atoms with Crippen molar-refractivity contribution < 1.29 is 9.13 Å². The Morgan fingerprint density at radius 2 is 1.85 bits per heavy atom. The molecule has 0 saturated heterocycles. The fraction of sp³-hybridized carbons (Fsp3) is 0.294. The molecular weight excluding hydrogens is 275 g/mol. The molecule has 0 fully saturated rings. The number of ether oxygens (including phenoxy) is 1. The van der Waals surface area contributed by atoms with Gasteiger partial charge in [-0.1, -0.05) is 26.0 Å². The second kappa shape index (κ2) is 6.27. The largest absolute Gasteiger partial charge is 0.457 e. The fourth-order valence-corrected chi connectivity index (χ4v) is 2.29. The Balaban J connectivity index is 2.41. The first-order chi connectivity index (χ1) is 9.51. The van der Waals surface area contributed by atoms with Gasteiger partial charge in [-0.15, -0.1) is 11.6 Å². The molecule has 106 valence electrons. The number of benzene rings is 2. The van der Waals surface area contributed by atoms with Crippen LogP contribution in [0.4, 0.5) is 4.39 Å². The van der Waals surface area contributed by atoms with Crippen LogP contribution in [-0.2, 0) is 5.88 Å². The maximum absolute atomic E-state index is 13.2. The summed E-state index contributed by atoms with van der Waals surface area (Å²) in [6.45, 7) is 6.25. The predicted molar refractivity (Wildman–Crippen MR) is 81.3 cm³/mol. The highest BCUT2D eigenvalue weighted by molar-refractivity contribution is 6.17. The molecule has 0 saturated carbocycles. The second-order valence-corrected chi connectivity index (χ2v) is 5.45. The molecule has 2 aromatic carbocycles. The van der Waals surface area contributed by atoms with Crippen molar-refractivity contribution in [2.75, 3.05) is 0 Å². The van der Waals surface area contributed by atoms with Crippen molar-refractivity contribution in [3.05, 3.63) is 58.9 Å². The van der Waals surface area contributed by atoms with Crippen molar-refractivity contribution in [1.82, 2.24) is 0 Å². The lowest BCUT2D eigenvalue weighted by atomic mass is 10.0. The lowest BCUT2D eigenvalue weighted by Crippen LogP contribution is -1.97. The molecule has 2 aromatic rings. The molecule has 0 amide bonds. The van der Waals surface area contributed by atoms with Crippen molar-refractivity contribution in [3.63, 3.8) is 0 Å². The van der Waals surface area contributed by atoms with Gasteiger partial charge in [0.1, 0.15) is 17.3 Å². The third-order valence-electron chi connectivity index (χ3n) is 3.18. The van der Waals surface area contributed by atoms with Crippen molar-refractivity contribution in [2.24, 2.45) is 0 Å². The number of halogens is 2. The lowest BCUT2D eigenvalue weighted by molar-refractivity contribution is 0.466. The summed E-state index contributed by atoms with van der Waals surface area (Å²) in [5.74, 6) is 1.68. The Kier molecular flexibility index (Phi) is 4.66. The topological polar surface area (TPSA) is 9.23 Å². The minimum atomic E-state index is -0.304. The van der Waals surface area contributed by atoms with Crippen molar-refractivity contribution in [2.45, 2.75) is 32.6 Å². The number of hydrogen-bond donors (Lipinski definition) is 0. The van der Waals surface area contributed by atoms with E-state index in [1.807, 2.05) is 13.0 Å². The third-order valence-corrected chi connectivity index (χ3v) is 3.47. The van der Waals surface area contributed by atoms with Gasteiger partial charge in [0, 0.05) is 5.56 Å². The zero-order chi connectivity index (χ0) is 14.7. The SMILES string of the molecule is Cc1ccc(C(C)C)c(Oc2ccc(F)cc2CCl)c1. The molecule has 0 unspecified atom stereocenters. The minimum absolute atomic E-state index is 0.218. The zero-order valence-electron chi connectivity index (χ0n) is 11.9. The van der Waals surface area contributed by atoms with E-state index in [1.165, 1.54) is 12.1 Å². The summed E-state index contributed by atoms with van der Waals surface area (Å²) in [4.78, 5) is 0. The molecule has 0 bridgehead atoms. The molecule has 1 nitrogen and oxygen atoms in total. The normalized spacial score (nSPS) is 10.9. The van der Waals surface area contributed by atoms with Crippen LogP contribution in [0.5, 0.6) is 11.5 Å². The van der Waals surface area contributed by atoms with E-state index in [0.717, 1.165) is 16.9 Å². The summed E-state index contributed by atoms with van der Waals surface area (Å²) in [7, 11) is 0. The number of hydrogen-bond acceptors (Lipinski definition) is 1. The molecule has 0 spiro atoms. The first kappa shape index (κ1) is 14.9. The maximum Gasteiger partial charge on any atom is 0.132 e. The standard InChI is InChI=1S/C17H18ClFO/c1-11(2)15-6-4-12(3)8-17(15)20-16-7-5-14(19)9-13(16)10-18/h4-9,11H,10H2,1-3H3. The van der Waals surface area contributed by atoms with E-state index >= 15 is 0 Å². The van der Waals surface area contributed by atoms with Crippen LogP contribution in [0.1, 0.15) is 36.5 Å². The van der Waals surface area contributed by atoms with Gasteiger partial charge in [-0.05, 0) is 48.2 Å². The summed E-state index contributed by atoms with van der Waals surface area (Å²) in [5, 5.41) is 0. The summed E-state index contributed by atoms with van der Waals surface area (Å²) in [6, 6.07) is 10.5. The summed E-state index contributed by atoms with van der Waals surface area (Å²) >= 11 is 5.86. The Bertz CT molecular complexity index is 608. The average Bonchev–Trinajstić information content (AvgIpc) is 2.40. The van der Waals surface area contributed by atoms with Crippen LogP contribution < -0.4 is 4.74 Å². The summed E-state index contributed by atoms with van der Waals surface area (Å²) in [6.07, 6.45) is 0. The van der Waals surface area contributed by atoms with E-state index in [-0.39, 0.29) is 11.7 Å². The molecule has 0 aliphatic rings. The van der Waals surface area contributed by atoms with Gasteiger partial charge in [0.2, 0.25) is 0 Å². The van der Waals surface area contributed by atoms with Crippen LogP contribution in [0.15, 0.2) is 36.4 Å². The van der Waals surface area contributed by atoms with Gasteiger partial charge in [0.15, 0.2) is 0 Å². The zero-order valence-corrected chi connectivity index (χ0v) is 12.7. The van der Waals surface area contributed by atoms with Crippen LogP contribution in [0.2, 0.25) is 0 Å². The van der Waals surface area contributed by atoms with E-state index in [2.05, 4.69) is 26.0 Å². The number of aryl methyl sites for hydroxylation is 1. The quantitative estimate of drug-likeness (QED) is 0.648. The molecule has 0 aromatic heterocycles. The summed E-state index contributed by atoms with van der Waals surface area (Å²) < 4.78 is 19.2. The fourth-order valence-electron chi connectivity index (χ4n) is 2.08. The van der Waals surface area contributed by atoms with Gasteiger partial charge in [-0.2, -0.15) is 0 Å². The highest BCUT2D eigenvalue weighted by Gasteiger charge is 2.11. The van der Waals surface area contributed by atoms with Crippen LogP contribution >= 0.6 is 11.6 Å². The van der Waals surface area contributed by atoms with Crippen LogP contribution in [-0.4, -0.2) is 0 Å². The Hall–Kier alpha value is -1.54. The molecule has 2 rings (SSSR count). The smallest absolute Gasteiger partial charge is 0.132 e. The molecule has 0 radical (unpaired) electrons. The third kappa shape index (κ3) is 3.31. The summed E-state index contributed by atoms with van der Waals surface area (Å²) in [5.41, 5.74) is 2.90. The first-order valence-corrected chi connectivity index (χ1v) is 7.17. The number of alkyl halides is 1. The Morgan fingerprint density at radius 1 is 1.10 bits per heavy atom. The maximum atomic E-state index is 13.2. The molecule has 20 heavy (non-hydrogen) atoms. The minimum Gasteiger partial charge on any atom is -0.457 e. The van der Waals surface area contributed by atoms with Gasteiger partial charge in [-0.25, -0.2) is 4.39 Å². The molecule has 0 atom stereocenters. The van der Waals surface area contributed by atoms with E-state index < -0.39 is 0 Å². The molecule has 3 heteroatoms. The van der Waals surface area contributed by atoms with Gasteiger partial charge in [0.25, 0.3) is 0 Å². The van der Waals surface area contributed by atoms with E-state index in [0.29, 0.717) is 17.2 Å². The molecular formula is C17H18ClFO. The van der Waals surface area contributed by atoms with E-state index in [4.69, 9.17) is 16.3 Å². The number of rotatable bonds is 4.